The van der Waals surface area contributed by atoms with E-state index in [1.54, 1.807) is 0 Å². The highest BCUT2D eigenvalue weighted by molar-refractivity contribution is 5.78. The molecule has 0 aromatic heterocycles. The van der Waals surface area contributed by atoms with Crippen molar-refractivity contribution in [3.05, 3.63) is 35.4 Å². The molecule has 0 aliphatic heterocycles. The van der Waals surface area contributed by atoms with E-state index in [1.807, 2.05) is 24.3 Å². The van der Waals surface area contributed by atoms with Crippen LogP contribution in [0.4, 0.5) is 0 Å². The molecule has 100 valence electrons. The van der Waals surface area contributed by atoms with Crippen molar-refractivity contribution in [1.82, 2.24) is 10.2 Å². The van der Waals surface area contributed by atoms with Gasteiger partial charge < -0.3 is 10.2 Å². The Morgan fingerprint density at radius 3 is 2.44 bits per heavy atom. The van der Waals surface area contributed by atoms with E-state index in [-0.39, 0.29) is 5.91 Å². The summed E-state index contributed by atoms with van der Waals surface area (Å²) >= 11 is 0. The molecular weight excluding hydrogens is 224 g/mol. The lowest BCUT2D eigenvalue weighted by molar-refractivity contribution is -0.120. The number of carbonyl (C=O) groups excluding carboxylic acids is 1. The third-order valence-electron chi connectivity index (χ3n) is 2.84. The van der Waals surface area contributed by atoms with Crippen molar-refractivity contribution < 1.29 is 4.79 Å². The fraction of sp³-hybridized carbons (Fsp3) is 0.533. The van der Waals surface area contributed by atoms with E-state index in [9.17, 15) is 4.79 Å². The summed E-state index contributed by atoms with van der Waals surface area (Å²) in [7, 11) is 4.13. The van der Waals surface area contributed by atoms with Crippen LogP contribution in [0.5, 0.6) is 0 Å². The molecular formula is C15H24N2O. The zero-order valence-electron chi connectivity index (χ0n) is 11.7. The fourth-order valence-corrected chi connectivity index (χ4v) is 1.73. The molecule has 1 aromatic rings. The number of rotatable bonds is 7. The van der Waals surface area contributed by atoms with Crippen LogP contribution in [0.25, 0.3) is 0 Å². The number of nitrogens with one attached hydrogen (secondary N) is 1. The van der Waals surface area contributed by atoms with E-state index in [0.29, 0.717) is 6.42 Å². The highest BCUT2D eigenvalue weighted by Crippen LogP contribution is 2.03. The third-order valence-corrected chi connectivity index (χ3v) is 2.84. The van der Waals surface area contributed by atoms with Crippen LogP contribution in [0.15, 0.2) is 24.3 Å². The van der Waals surface area contributed by atoms with Crippen LogP contribution in [0.3, 0.4) is 0 Å². The molecule has 3 nitrogen and oxygen atoms in total. The molecule has 0 atom stereocenters. The minimum absolute atomic E-state index is 0.115. The van der Waals surface area contributed by atoms with Crippen LogP contribution in [-0.2, 0) is 11.2 Å². The van der Waals surface area contributed by atoms with E-state index < -0.39 is 0 Å². The first-order valence-electron chi connectivity index (χ1n) is 6.55. The van der Waals surface area contributed by atoms with E-state index in [4.69, 9.17) is 0 Å². The van der Waals surface area contributed by atoms with Gasteiger partial charge in [-0.3, -0.25) is 4.79 Å². The maximum atomic E-state index is 11.7. The van der Waals surface area contributed by atoms with Crippen LogP contribution >= 0.6 is 0 Å². The van der Waals surface area contributed by atoms with Gasteiger partial charge in [0.05, 0.1) is 6.42 Å². The summed E-state index contributed by atoms with van der Waals surface area (Å²) in [6.07, 6.45) is 2.64. The van der Waals surface area contributed by atoms with Crippen molar-refractivity contribution in [2.45, 2.75) is 26.2 Å². The quantitative estimate of drug-likeness (QED) is 0.749. The van der Waals surface area contributed by atoms with E-state index >= 15 is 0 Å². The van der Waals surface area contributed by atoms with Crippen LogP contribution < -0.4 is 5.32 Å². The Morgan fingerprint density at radius 2 is 1.83 bits per heavy atom. The van der Waals surface area contributed by atoms with Gasteiger partial charge >= 0.3 is 0 Å². The zero-order chi connectivity index (χ0) is 13.4. The van der Waals surface area contributed by atoms with Crippen LogP contribution in [0.2, 0.25) is 0 Å². The van der Waals surface area contributed by atoms with Gasteiger partial charge in [0.1, 0.15) is 0 Å². The molecule has 1 rings (SSSR count). The number of hydrogen-bond acceptors (Lipinski definition) is 2. The molecule has 1 amide bonds. The first-order chi connectivity index (χ1) is 8.58. The SMILES string of the molecule is Cc1ccc(CC(=O)NCCCCN(C)C)cc1. The Bertz CT molecular complexity index is 357. The second-order valence-electron chi connectivity index (χ2n) is 5.02. The Hall–Kier alpha value is -1.35. The molecule has 0 fully saturated rings. The molecule has 1 aromatic carbocycles. The van der Waals surface area contributed by atoms with Crippen molar-refractivity contribution in [2.75, 3.05) is 27.2 Å². The Labute approximate surface area is 110 Å². The lowest BCUT2D eigenvalue weighted by Crippen LogP contribution is -2.26. The van der Waals surface area contributed by atoms with Gasteiger partial charge in [0.2, 0.25) is 5.91 Å². The molecule has 0 heterocycles. The molecule has 0 unspecified atom stereocenters. The number of carbonyl (C=O) groups is 1. The molecule has 18 heavy (non-hydrogen) atoms. The Kier molecular flexibility index (Phi) is 6.44. The highest BCUT2D eigenvalue weighted by Gasteiger charge is 2.02. The number of aryl methyl sites for hydroxylation is 1. The van der Waals surface area contributed by atoms with Crippen molar-refractivity contribution >= 4 is 5.91 Å². The van der Waals surface area contributed by atoms with E-state index in [0.717, 1.165) is 31.5 Å². The van der Waals surface area contributed by atoms with Crippen LogP contribution in [-0.4, -0.2) is 38.0 Å². The summed E-state index contributed by atoms with van der Waals surface area (Å²) < 4.78 is 0. The molecule has 0 saturated heterocycles. The standard InChI is InChI=1S/C15H24N2O/c1-13-6-8-14(9-7-13)12-15(18)16-10-4-5-11-17(2)3/h6-9H,4-5,10-12H2,1-3H3,(H,16,18). The molecule has 3 heteroatoms. The first kappa shape index (κ1) is 14.7. The number of unbranched alkanes of at least 4 members (excludes halogenated alkanes) is 1. The average molecular weight is 248 g/mol. The summed E-state index contributed by atoms with van der Waals surface area (Å²) in [6.45, 7) is 3.90. The molecule has 0 bridgehead atoms. The zero-order valence-corrected chi connectivity index (χ0v) is 11.7. The smallest absolute Gasteiger partial charge is 0.224 e. The monoisotopic (exact) mass is 248 g/mol. The molecule has 0 spiro atoms. The lowest BCUT2D eigenvalue weighted by Gasteiger charge is -2.09. The summed E-state index contributed by atoms with van der Waals surface area (Å²) in [4.78, 5) is 13.8. The number of hydrogen-bond donors (Lipinski definition) is 1. The van der Waals surface area contributed by atoms with Crippen molar-refractivity contribution in [1.29, 1.82) is 0 Å². The van der Waals surface area contributed by atoms with Crippen molar-refractivity contribution in [3.63, 3.8) is 0 Å². The lowest BCUT2D eigenvalue weighted by atomic mass is 10.1. The number of nitrogens with zero attached hydrogens (tertiary/aromatic N) is 1. The minimum Gasteiger partial charge on any atom is -0.356 e. The van der Waals surface area contributed by atoms with Gasteiger partial charge in [-0.05, 0) is 46.0 Å². The first-order valence-corrected chi connectivity index (χ1v) is 6.55. The summed E-state index contributed by atoms with van der Waals surface area (Å²) in [5.41, 5.74) is 2.30. The average Bonchev–Trinajstić information content (AvgIpc) is 2.31. The van der Waals surface area contributed by atoms with Crippen LogP contribution in [0, 0.1) is 6.92 Å². The third kappa shape index (κ3) is 6.40. The van der Waals surface area contributed by atoms with Crippen LogP contribution in [0.1, 0.15) is 24.0 Å². The Balaban J connectivity index is 2.16. The number of benzene rings is 1. The molecule has 0 aliphatic rings. The number of amides is 1. The second kappa shape index (κ2) is 7.88. The van der Waals surface area contributed by atoms with Gasteiger partial charge in [0.25, 0.3) is 0 Å². The van der Waals surface area contributed by atoms with Crippen molar-refractivity contribution in [3.8, 4) is 0 Å². The normalized spacial score (nSPS) is 10.7. The van der Waals surface area contributed by atoms with Gasteiger partial charge in [0, 0.05) is 6.54 Å². The topological polar surface area (TPSA) is 32.3 Å². The van der Waals surface area contributed by atoms with E-state index in [1.165, 1.54) is 5.56 Å². The summed E-state index contributed by atoms with van der Waals surface area (Å²) in [5, 5.41) is 2.96. The molecule has 0 aliphatic carbocycles. The Morgan fingerprint density at radius 1 is 1.17 bits per heavy atom. The second-order valence-corrected chi connectivity index (χ2v) is 5.02. The maximum Gasteiger partial charge on any atom is 0.224 e. The van der Waals surface area contributed by atoms with Gasteiger partial charge in [-0.1, -0.05) is 29.8 Å². The predicted molar refractivity (Wildman–Crippen MR) is 75.7 cm³/mol. The van der Waals surface area contributed by atoms with Gasteiger partial charge in [-0.2, -0.15) is 0 Å². The van der Waals surface area contributed by atoms with Crippen molar-refractivity contribution in [2.24, 2.45) is 0 Å². The van der Waals surface area contributed by atoms with E-state index in [2.05, 4.69) is 31.2 Å². The maximum absolute atomic E-state index is 11.7. The van der Waals surface area contributed by atoms with Gasteiger partial charge in [-0.15, -0.1) is 0 Å². The summed E-state index contributed by atoms with van der Waals surface area (Å²) in [5.74, 6) is 0.115. The molecule has 0 saturated carbocycles. The fourth-order valence-electron chi connectivity index (χ4n) is 1.73. The highest BCUT2D eigenvalue weighted by atomic mass is 16.1. The molecule has 0 radical (unpaired) electrons. The largest absolute Gasteiger partial charge is 0.356 e. The minimum atomic E-state index is 0.115. The summed E-state index contributed by atoms with van der Waals surface area (Å²) in [6, 6.07) is 8.11. The molecule has 1 N–H and O–H groups in total. The van der Waals surface area contributed by atoms with Gasteiger partial charge in [-0.25, -0.2) is 0 Å². The van der Waals surface area contributed by atoms with Gasteiger partial charge in [0.15, 0.2) is 0 Å². The predicted octanol–water partition coefficient (Wildman–Crippen LogP) is 2.00.